The number of carbonyl (C=O) groups excluding carboxylic acids is 3. The molecule has 2 N–H and O–H groups in total. The number of hydrogen-bond acceptors (Lipinski definition) is 4. The minimum absolute atomic E-state index is 0.113. The van der Waals surface area contributed by atoms with E-state index in [1.54, 1.807) is 11.8 Å². The van der Waals surface area contributed by atoms with E-state index in [2.05, 4.69) is 10.6 Å². The largest absolute Gasteiger partial charge is 0.368 e. The zero-order valence-corrected chi connectivity index (χ0v) is 15.4. The molecule has 148 valence electrons. The Bertz CT molecular complexity index is 706. The molecular weight excluding hydrogens is 358 g/mol. The third kappa shape index (κ3) is 5.15. The third-order valence-corrected chi connectivity index (χ3v) is 4.69. The van der Waals surface area contributed by atoms with Gasteiger partial charge in [-0.2, -0.15) is 0 Å². The summed E-state index contributed by atoms with van der Waals surface area (Å²) in [6.07, 6.45) is 0.774. The summed E-state index contributed by atoms with van der Waals surface area (Å²) in [7, 11) is 1.46. The monoisotopic (exact) mass is 382 g/mol. The number of halogens is 2. The minimum atomic E-state index is -0.892. The van der Waals surface area contributed by atoms with Crippen LogP contribution in [0.2, 0.25) is 0 Å². The van der Waals surface area contributed by atoms with E-state index >= 15 is 0 Å². The number of anilines is 1. The van der Waals surface area contributed by atoms with E-state index in [0.717, 1.165) is 0 Å². The van der Waals surface area contributed by atoms with Gasteiger partial charge in [0.2, 0.25) is 18.2 Å². The SMILES string of the molecule is CNC(=O)C(CCC(=O)N1CCN(c2cc(F)c(F)cc2C)CC1)NC=O. The van der Waals surface area contributed by atoms with Gasteiger partial charge in [0, 0.05) is 51.4 Å². The van der Waals surface area contributed by atoms with Gasteiger partial charge in [0.05, 0.1) is 0 Å². The summed E-state index contributed by atoms with van der Waals surface area (Å²) in [5.74, 6) is -2.23. The molecule has 0 bridgehead atoms. The number of aryl methyl sites for hydroxylation is 1. The summed E-state index contributed by atoms with van der Waals surface area (Å²) in [6.45, 7) is 3.62. The predicted octanol–water partition coefficient (Wildman–Crippen LogP) is 0.563. The molecule has 1 heterocycles. The lowest BCUT2D eigenvalue weighted by molar-refractivity contribution is -0.132. The van der Waals surface area contributed by atoms with Crippen LogP contribution in [0.5, 0.6) is 0 Å². The van der Waals surface area contributed by atoms with E-state index in [0.29, 0.717) is 43.8 Å². The van der Waals surface area contributed by atoms with E-state index < -0.39 is 17.7 Å². The first-order valence-electron chi connectivity index (χ1n) is 8.77. The van der Waals surface area contributed by atoms with Crippen LogP contribution < -0.4 is 15.5 Å². The van der Waals surface area contributed by atoms with Gasteiger partial charge in [-0.25, -0.2) is 8.78 Å². The molecule has 2 rings (SSSR count). The van der Waals surface area contributed by atoms with Gasteiger partial charge < -0.3 is 20.4 Å². The highest BCUT2D eigenvalue weighted by Gasteiger charge is 2.24. The van der Waals surface area contributed by atoms with Crippen LogP contribution in [0.15, 0.2) is 12.1 Å². The van der Waals surface area contributed by atoms with Crippen LogP contribution in [0.1, 0.15) is 18.4 Å². The normalized spacial score (nSPS) is 15.3. The number of piperazine rings is 1. The number of carbonyl (C=O) groups is 3. The van der Waals surface area contributed by atoms with Crippen molar-refractivity contribution in [3.05, 3.63) is 29.3 Å². The highest BCUT2D eigenvalue weighted by molar-refractivity contribution is 5.84. The summed E-state index contributed by atoms with van der Waals surface area (Å²) in [4.78, 5) is 38.2. The molecule has 1 unspecified atom stereocenters. The van der Waals surface area contributed by atoms with E-state index in [1.165, 1.54) is 19.2 Å². The van der Waals surface area contributed by atoms with Gasteiger partial charge in [0.1, 0.15) is 6.04 Å². The standard InChI is InChI=1S/C18H24F2N4O3/c1-12-9-13(19)14(20)10-16(12)23-5-7-24(8-6-23)17(26)4-3-15(22-11-25)18(27)21-2/h9-11,15H,3-8H2,1-2H3,(H,21,27)(H,22,25). The Morgan fingerprint density at radius 1 is 1.19 bits per heavy atom. The van der Waals surface area contributed by atoms with E-state index in [1.807, 2.05) is 4.90 Å². The number of benzene rings is 1. The van der Waals surface area contributed by atoms with Gasteiger partial charge in [0.25, 0.3) is 0 Å². The molecule has 27 heavy (non-hydrogen) atoms. The van der Waals surface area contributed by atoms with Crippen molar-refractivity contribution in [3.63, 3.8) is 0 Å². The molecule has 0 aliphatic carbocycles. The second-order valence-electron chi connectivity index (χ2n) is 6.41. The molecule has 0 radical (unpaired) electrons. The number of nitrogens with one attached hydrogen (secondary N) is 2. The lowest BCUT2D eigenvalue weighted by Crippen LogP contribution is -2.49. The van der Waals surface area contributed by atoms with Crippen molar-refractivity contribution >= 4 is 23.9 Å². The van der Waals surface area contributed by atoms with Crippen LogP contribution >= 0.6 is 0 Å². The molecule has 7 nitrogen and oxygen atoms in total. The van der Waals surface area contributed by atoms with Crippen LogP contribution in [0.4, 0.5) is 14.5 Å². The molecular formula is C18H24F2N4O3. The maximum absolute atomic E-state index is 13.5. The summed E-state index contributed by atoms with van der Waals surface area (Å²) < 4.78 is 26.8. The molecule has 1 aromatic carbocycles. The molecule has 1 aliphatic heterocycles. The molecule has 1 aliphatic rings. The van der Waals surface area contributed by atoms with Crippen LogP contribution in [0, 0.1) is 18.6 Å². The van der Waals surface area contributed by atoms with Crippen molar-refractivity contribution in [1.29, 1.82) is 0 Å². The smallest absolute Gasteiger partial charge is 0.242 e. The van der Waals surface area contributed by atoms with Crippen LogP contribution in [0.3, 0.4) is 0 Å². The minimum Gasteiger partial charge on any atom is -0.368 e. The topological polar surface area (TPSA) is 81.8 Å². The molecule has 1 saturated heterocycles. The van der Waals surface area contributed by atoms with E-state index in [9.17, 15) is 23.2 Å². The van der Waals surface area contributed by atoms with Crippen molar-refractivity contribution in [2.75, 3.05) is 38.1 Å². The number of amides is 3. The maximum Gasteiger partial charge on any atom is 0.242 e. The first kappa shape index (κ1) is 20.6. The maximum atomic E-state index is 13.5. The Morgan fingerprint density at radius 3 is 2.41 bits per heavy atom. The van der Waals surface area contributed by atoms with Crippen LogP contribution in [0.25, 0.3) is 0 Å². The van der Waals surface area contributed by atoms with Crippen molar-refractivity contribution < 1.29 is 23.2 Å². The van der Waals surface area contributed by atoms with Crippen molar-refractivity contribution in [1.82, 2.24) is 15.5 Å². The first-order valence-corrected chi connectivity index (χ1v) is 8.77. The fraction of sp³-hybridized carbons (Fsp3) is 0.500. The van der Waals surface area contributed by atoms with Crippen LogP contribution in [-0.4, -0.2) is 62.4 Å². The number of hydrogen-bond donors (Lipinski definition) is 2. The zero-order valence-electron chi connectivity index (χ0n) is 15.4. The highest BCUT2D eigenvalue weighted by Crippen LogP contribution is 2.24. The Kier molecular flexibility index (Phi) is 7.09. The zero-order chi connectivity index (χ0) is 20.0. The quantitative estimate of drug-likeness (QED) is 0.676. The predicted molar refractivity (Wildman–Crippen MR) is 96.2 cm³/mol. The van der Waals surface area contributed by atoms with Gasteiger partial charge in [-0.1, -0.05) is 0 Å². The second-order valence-corrected chi connectivity index (χ2v) is 6.41. The van der Waals surface area contributed by atoms with Gasteiger partial charge >= 0.3 is 0 Å². The van der Waals surface area contributed by atoms with Crippen molar-refractivity contribution in [3.8, 4) is 0 Å². The number of likely N-dealkylation sites (N-methyl/N-ethyl adjacent to an activating group) is 1. The van der Waals surface area contributed by atoms with E-state index in [-0.39, 0.29) is 24.7 Å². The molecule has 1 atom stereocenters. The molecule has 0 aromatic heterocycles. The molecule has 0 spiro atoms. The fourth-order valence-corrected chi connectivity index (χ4v) is 3.15. The fourth-order valence-electron chi connectivity index (χ4n) is 3.15. The summed E-state index contributed by atoms with van der Waals surface area (Å²) in [6, 6.07) is 1.60. The summed E-state index contributed by atoms with van der Waals surface area (Å²) in [5.41, 5.74) is 1.26. The summed E-state index contributed by atoms with van der Waals surface area (Å²) >= 11 is 0. The Labute approximate surface area is 156 Å². The second kappa shape index (κ2) is 9.29. The Morgan fingerprint density at radius 2 is 1.81 bits per heavy atom. The van der Waals surface area contributed by atoms with Crippen molar-refractivity contribution in [2.45, 2.75) is 25.8 Å². The molecule has 1 fully saturated rings. The lowest BCUT2D eigenvalue weighted by atomic mass is 10.1. The number of nitrogens with zero attached hydrogens (tertiary/aromatic N) is 2. The summed E-state index contributed by atoms with van der Waals surface area (Å²) in [5, 5.41) is 4.84. The average molecular weight is 382 g/mol. The average Bonchev–Trinajstić information content (AvgIpc) is 2.67. The van der Waals surface area contributed by atoms with Gasteiger partial charge in [-0.05, 0) is 25.0 Å². The Hall–Kier alpha value is -2.71. The molecule has 9 heteroatoms. The molecule has 0 saturated carbocycles. The Balaban J connectivity index is 1.89. The van der Waals surface area contributed by atoms with E-state index in [4.69, 9.17) is 0 Å². The van der Waals surface area contributed by atoms with Gasteiger partial charge in [-0.3, -0.25) is 14.4 Å². The van der Waals surface area contributed by atoms with Gasteiger partial charge in [0.15, 0.2) is 11.6 Å². The van der Waals surface area contributed by atoms with Gasteiger partial charge in [-0.15, -0.1) is 0 Å². The number of rotatable bonds is 7. The highest BCUT2D eigenvalue weighted by atomic mass is 19.2. The van der Waals surface area contributed by atoms with Crippen LogP contribution in [-0.2, 0) is 14.4 Å². The molecule has 3 amide bonds. The third-order valence-electron chi connectivity index (χ3n) is 4.69. The first-order chi connectivity index (χ1) is 12.9. The lowest BCUT2D eigenvalue weighted by Gasteiger charge is -2.37. The van der Waals surface area contributed by atoms with Crippen molar-refractivity contribution in [2.24, 2.45) is 0 Å². The molecule has 1 aromatic rings.